The minimum atomic E-state index is -0.507. The maximum atomic E-state index is 11.6. The molecule has 1 aliphatic heterocycles. The Kier molecular flexibility index (Phi) is 4.07. The fourth-order valence-electron chi connectivity index (χ4n) is 2.68. The van der Waals surface area contributed by atoms with E-state index in [4.69, 9.17) is 13.9 Å². The van der Waals surface area contributed by atoms with Gasteiger partial charge in [-0.1, -0.05) is 0 Å². The molecule has 1 atom stereocenters. The van der Waals surface area contributed by atoms with Crippen molar-refractivity contribution in [2.24, 2.45) is 0 Å². The van der Waals surface area contributed by atoms with Crippen LogP contribution in [0.4, 0.5) is 0 Å². The lowest BCUT2D eigenvalue weighted by molar-refractivity contribution is 0.0594. The number of nitrogens with zero attached hydrogens (tertiary/aromatic N) is 2. The average molecular weight is 340 g/mol. The van der Waals surface area contributed by atoms with Crippen LogP contribution >= 0.6 is 0 Å². The highest BCUT2D eigenvalue weighted by Crippen LogP contribution is 2.28. The van der Waals surface area contributed by atoms with Crippen molar-refractivity contribution in [3.63, 3.8) is 0 Å². The van der Waals surface area contributed by atoms with E-state index in [0.29, 0.717) is 29.2 Å². The molecule has 0 spiro atoms. The second kappa shape index (κ2) is 6.52. The standard InChI is InChI=1S/C18H16N2O5/c1-22-18(21)15-8-11(4-6-19-15)17-20-14-9-12(2-3-16(14)25-17)24-13-5-7-23-10-13/h2-4,6,8-9,13H,5,7,10H2,1H3/t13-/m0/s1. The number of rotatable bonds is 4. The molecule has 1 fully saturated rings. The lowest BCUT2D eigenvalue weighted by Gasteiger charge is -2.10. The fraction of sp³-hybridized carbons (Fsp3) is 0.278. The molecule has 0 bridgehead atoms. The summed E-state index contributed by atoms with van der Waals surface area (Å²) in [5, 5.41) is 0. The Bertz CT molecular complexity index is 915. The van der Waals surface area contributed by atoms with Gasteiger partial charge < -0.3 is 18.6 Å². The number of benzene rings is 1. The summed E-state index contributed by atoms with van der Waals surface area (Å²) in [5.41, 5.74) is 2.18. The first-order chi connectivity index (χ1) is 12.2. The van der Waals surface area contributed by atoms with Gasteiger partial charge in [0.05, 0.1) is 20.3 Å². The van der Waals surface area contributed by atoms with Gasteiger partial charge in [-0.25, -0.2) is 14.8 Å². The number of aromatic nitrogens is 2. The van der Waals surface area contributed by atoms with Gasteiger partial charge in [0.1, 0.15) is 23.1 Å². The minimum Gasteiger partial charge on any atom is -0.488 e. The zero-order valence-electron chi connectivity index (χ0n) is 13.6. The number of carbonyl (C=O) groups excluding carboxylic acids is 1. The molecule has 0 saturated carbocycles. The van der Waals surface area contributed by atoms with E-state index >= 15 is 0 Å². The van der Waals surface area contributed by atoms with E-state index < -0.39 is 5.97 Å². The molecule has 1 saturated heterocycles. The molecule has 2 aromatic heterocycles. The van der Waals surface area contributed by atoms with Crippen molar-refractivity contribution < 1.29 is 23.4 Å². The van der Waals surface area contributed by atoms with Gasteiger partial charge in [-0.05, 0) is 24.3 Å². The molecule has 0 radical (unpaired) electrons. The van der Waals surface area contributed by atoms with E-state index in [9.17, 15) is 4.79 Å². The first-order valence-electron chi connectivity index (χ1n) is 7.92. The maximum absolute atomic E-state index is 11.6. The van der Waals surface area contributed by atoms with Crippen LogP contribution in [-0.2, 0) is 9.47 Å². The van der Waals surface area contributed by atoms with E-state index in [1.54, 1.807) is 12.1 Å². The van der Waals surface area contributed by atoms with E-state index in [0.717, 1.165) is 18.8 Å². The average Bonchev–Trinajstić information content (AvgIpc) is 3.30. The van der Waals surface area contributed by atoms with Crippen molar-refractivity contribution >= 4 is 17.1 Å². The van der Waals surface area contributed by atoms with Crippen molar-refractivity contribution in [1.82, 2.24) is 9.97 Å². The molecule has 0 amide bonds. The predicted octanol–water partition coefficient (Wildman–Crippen LogP) is 2.84. The minimum absolute atomic E-state index is 0.0756. The molecule has 4 rings (SSSR count). The number of pyridine rings is 1. The lowest BCUT2D eigenvalue weighted by Crippen LogP contribution is -2.15. The number of oxazole rings is 1. The smallest absolute Gasteiger partial charge is 0.356 e. The van der Waals surface area contributed by atoms with Crippen LogP contribution in [0.3, 0.4) is 0 Å². The van der Waals surface area contributed by atoms with Crippen LogP contribution in [0.1, 0.15) is 16.9 Å². The largest absolute Gasteiger partial charge is 0.488 e. The molecule has 3 heterocycles. The third kappa shape index (κ3) is 3.18. The van der Waals surface area contributed by atoms with Gasteiger partial charge in [0, 0.05) is 24.2 Å². The van der Waals surface area contributed by atoms with Crippen LogP contribution in [0.2, 0.25) is 0 Å². The monoisotopic (exact) mass is 340 g/mol. The first kappa shape index (κ1) is 15.6. The Morgan fingerprint density at radius 1 is 1.28 bits per heavy atom. The van der Waals surface area contributed by atoms with E-state index in [1.165, 1.54) is 13.3 Å². The summed E-state index contributed by atoms with van der Waals surface area (Å²) >= 11 is 0. The van der Waals surface area contributed by atoms with Crippen molar-refractivity contribution in [1.29, 1.82) is 0 Å². The fourth-order valence-corrected chi connectivity index (χ4v) is 2.68. The summed E-state index contributed by atoms with van der Waals surface area (Å²) in [7, 11) is 1.31. The van der Waals surface area contributed by atoms with Gasteiger partial charge in [0.2, 0.25) is 5.89 Å². The molecule has 1 aliphatic rings. The van der Waals surface area contributed by atoms with Gasteiger partial charge in [0.15, 0.2) is 5.58 Å². The van der Waals surface area contributed by atoms with Crippen LogP contribution in [0.5, 0.6) is 5.75 Å². The van der Waals surface area contributed by atoms with Crippen molar-refractivity contribution in [2.75, 3.05) is 20.3 Å². The number of ether oxygens (including phenoxy) is 3. The molecule has 0 N–H and O–H groups in total. The Balaban J connectivity index is 1.63. The molecule has 25 heavy (non-hydrogen) atoms. The number of fused-ring (bicyclic) bond motifs is 1. The van der Waals surface area contributed by atoms with Crippen LogP contribution in [0, 0.1) is 0 Å². The van der Waals surface area contributed by atoms with Crippen molar-refractivity contribution in [2.45, 2.75) is 12.5 Å². The highest BCUT2D eigenvalue weighted by Gasteiger charge is 2.18. The third-order valence-corrected chi connectivity index (χ3v) is 3.95. The van der Waals surface area contributed by atoms with Gasteiger partial charge >= 0.3 is 5.97 Å². The zero-order chi connectivity index (χ0) is 17.2. The highest BCUT2D eigenvalue weighted by molar-refractivity contribution is 5.88. The summed E-state index contributed by atoms with van der Waals surface area (Å²) in [6.45, 7) is 1.33. The third-order valence-electron chi connectivity index (χ3n) is 3.95. The molecule has 1 aromatic carbocycles. The summed E-state index contributed by atoms with van der Waals surface area (Å²) < 4.78 is 21.7. The number of methoxy groups -OCH3 is 1. The highest BCUT2D eigenvalue weighted by atomic mass is 16.5. The van der Waals surface area contributed by atoms with Gasteiger partial charge in [0.25, 0.3) is 0 Å². The van der Waals surface area contributed by atoms with Crippen molar-refractivity contribution in [3.8, 4) is 17.2 Å². The van der Waals surface area contributed by atoms with Crippen LogP contribution in [0.25, 0.3) is 22.6 Å². The Labute approximate surface area is 143 Å². The number of hydrogen-bond acceptors (Lipinski definition) is 7. The lowest BCUT2D eigenvalue weighted by atomic mass is 10.2. The predicted molar refractivity (Wildman–Crippen MR) is 88.4 cm³/mol. The molecule has 0 aliphatic carbocycles. The number of esters is 1. The summed E-state index contributed by atoms with van der Waals surface area (Å²) in [6.07, 6.45) is 2.48. The van der Waals surface area contributed by atoms with E-state index in [2.05, 4.69) is 14.7 Å². The van der Waals surface area contributed by atoms with Crippen LogP contribution in [0.15, 0.2) is 40.9 Å². The number of hydrogen-bond donors (Lipinski definition) is 0. The summed E-state index contributed by atoms with van der Waals surface area (Å²) in [6, 6.07) is 8.82. The molecular formula is C18H16N2O5. The molecule has 128 valence electrons. The Morgan fingerprint density at radius 3 is 3.00 bits per heavy atom. The van der Waals surface area contributed by atoms with Crippen LogP contribution < -0.4 is 4.74 Å². The Hall–Kier alpha value is -2.93. The van der Waals surface area contributed by atoms with Crippen molar-refractivity contribution in [3.05, 3.63) is 42.2 Å². The summed E-state index contributed by atoms with van der Waals surface area (Å²) in [5.74, 6) is 0.629. The maximum Gasteiger partial charge on any atom is 0.356 e. The SMILES string of the molecule is COC(=O)c1cc(-c2nc3cc(O[C@H]4CCOC4)ccc3o2)ccn1. The Morgan fingerprint density at radius 2 is 2.20 bits per heavy atom. The van der Waals surface area contributed by atoms with Gasteiger partial charge in [-0.15, -0.1) is 0 Å². The summed E-state index contributed by atoms with van der Waals surface area (Å²) in [4.78, 5) is 20.1. The normalized spacial score (nSPS) is 16.9. The van der Waals surface area contributed by atoms with Gasteiger partial charge in [-0.3, -0.25) is 0 Å². The van der Waals surface area contributed by atoms with Crippen LogP contribution in [-0.4, -0.2) is 42.4 Å². The zero-order valence-corrected chi connectivity index (χ0v) is 13.6. The van der Waals surface area contributed by atoms with Gasteiger partial charge in [-0.2, -0.15) is 0 Å². The van der Waals surface area contributed by atoms with E-state index in [1.807, 2.05) is 18.2 Å². The molecule has 7 heteroatoms. The molecular weight excluding hydrogens is 324 g/mol. The second-order valence-corrected chi connectivity index (χ2v) is 5.67. The molecule has 0 unspecified atom stereocenters. The topological polar surface area (TPSA) is 83.7 Å². The van der Waals surface area contributed by atoms with E-state index in [-0.39, 0.29) is 11.8 Å². The molecule has 7 nitrogen and oxygen atoms in total. The quantitative estimate of drug-likeness (QED) is 0.675. The first-order valence-corrected chi connectivity index (χ1v) is 7.92. The number of carbonyl (C=O) groups is 1. The second-order valence-electron chi connectivity index (χ2n) is 5.67. The molecule has 3 aromatic rings.